The number of phenols is 1. The van der Waals surface area contributed by atoms with E-state index in [1.807, 2.05) is 24.4 Å². The van der Waals surface area contributed by atoms with Gasteiger partial charge in [0.15, 0.2) is 0 Å². The highest BCUT2D eigenvalue weighted by atomic mass is 32.1. The van der Waals surface area contributed by atoms with Crippen molar-refractivity contribution in [2.75, 3.05) is 0 Å². The molecule has 2 aromatic rings. The molecule has 12 heavy (non-hydrogen) atoms. The molecule has 62 valence electrons. The van der Waals surface area contributed by atoms with Crippen LogP contribution in [0.2, 0.25) is 0 Å². The second-order valence-corrected chi connectivity index (χ2v) is 4.12. The fourth-order valence-corrected chi connectivity index (χ4v) is 2.53. The molecule has 0 saturated heterocycles. The Hall–Kier alpha value is -0.670. The van der Waals surface area contributed by atoms with Crippen LogP contribution in [-0.2, 0) is 0 Å². The zero-order valence-corrected chi connectivity index (χ0v) is 8.25. The summed E-state index contributed by atoms with van der Waals surface area (Å²) in [5.41, 5.74) is 0.880. The first-order valence-electron chi connectivity index (χ1n) is 3.59. The van der Waals surface area contributed by atoms with Crippen molar-refractivity contribution in [3.63, 3.8) is 0 Å². The van der Waals surface area contributed by atoms with Crippen molar-refractivity contribution in [1.82, 2.24) is 0 Å². The zero-order chi connectivity index (χ0) is 8.72. The van der Waals surface area contributed by atoms with Crippen LogP contribution in [0.25, 0.3) is 10.1 Å². The van der Waals surface area contributed by atoms with E-state index in [0.717, 1.165) is 20.5 Å². The maximum atomic E-state index is 9.64. The van der Waals surface area contributed by atoms with Crippen molar-refractivity contribution in [2.24, 2.45) is 0 Å². The van der Waals surface area contributed by atoms with Crippen LogP contribution in [0, 0.1) is 6.92 Å². The minimum atomic E-state index is 0.379. The lowest BCUT2D eigenvalue weighted by Gasteiger charge is -2.01. The van der Waals surface area contributed by atoms with E-state index in [9.17, 15) is 5.11 Å². The molecule has 0 unspecified atom stereocenters. The Morgan fingerprint density at radius 1 is 1.50 bits per heavy atom. The summed E-state index contributed by atoms with van der Waals surface area (Å²) in [7, 11) is 0. The predicted octanol–water partition coefficient (Wildman–Crippen LogP) is 3.20. The molecule has 0 saturated carbocycles. The molecule has 1 N–H and O–H groups in total. The molecule has 1 aromatic carbocycles. The smallest absolute Gasteiger partial charge is 0.127 e. The highest BCUT2D eigenvalue weighted by molar-refractivity contribution is 7.80. The van der Waals surface area contributed by atoms with Crippen molar-refractivity contribution in [2.45, 2.75) is 11.8 Å². The number of hydrogen-bond donors (Lipinski definition) is 2. The normalized spacial score (nSPS) is 10.8. The van der Waals surface area contributed by atoms with E-state index in [1.54, 1.807) is 11.3 Å². The summed E-state index contributed by atoms with van der Waals surface area (Å²) in [6.45, 7) is 1.88. The van der Waals surface area contributed by atoms with Crippen LogP contribution in [0.15, 0.2) is 22.4 Å². The number of thiophene rings is 1. The maximum absolute atomic E-state index is 9.64. The van der Waals surface area contributed by atoms with E-state index in [1.165, 1.54) is 0 Å². The van der Waals surface area contributed by atoms with E-state index in [-0.39, 0.29) is 0 Å². The van der Waals surface area contributed by atoms with Crippen molar-refractivity contribution in [1.29, 1.82) is 0 Å². The molecule has 3 heteroatoms. The molecular formula is C9H8OS2. The largest absolute Gasteiger partial charge is 0.507 e. The SMILES string of the molecule is Cc1cc(S)c2sccc2c1O. The lowest BCUT2D eigenvalue weighted by Crippen LogP contribution is -1.76. The number of benzene rings is 1. The molecule has 0 amide bonds. The quantitative estimate of drug-likeness (QED) is 0.620. The van der Waals surface area contributed by atoms with Crippen LogP contribution in [-0.4, -0.2) is 5.11 Å². The zero-order valence-electron chi connectivity index (χ0n) is 6.53. The average molecular weight is 196 g/mol. The van der Waals surface area contributed by atoms with Gasteiger partial charge in [0.2, 0.25) is 0 Å². The number of rotatable bonds is 0. The second kappa shape index (κ2) is 2.68. The van der Waals surface area contributed by atoms with Gasteiger partial charge in [-0.15, -0.1) is 24.0 Å². The van der Waals surface area contributed by atoms with Crippen molar-refractivity contribution >= 4 is 34.1 Å². The maximum Gasteiger partial charge on any atom is 0.127 e. The fourth-order valence-electron chi connectivity index (χ4n) is 1.25. The Labute approximate surface area is 80.1 Å². The molecule has 1 aromatic heterocycles. The van der Waals surface area contributed by atoms with Gasteiger partial charge in [-0.2, -0.15) is 0 Å². The van der Waals surface area contributed by atoms with E-state index in [2.05, 4.69) is 12.6 Å². The molecule has 2 rings (SSSR count). The molecule has 0 bridgehead atoms. The third-order valence-electron chi connectivity index (χ3n) is 1.88. The molecule has 1 heterocycles. The molecule has 0 fully saturated rings. The first kappa shape index (κ1) is 7.95. The van der Waals surface area contributed by atoms with Crippen molar-refractivity contribution in [3.8, 4) is 5.75 Å². The summed E-state index contributed by atoms with van der Waals surface area (Å²) in [4.78, 5) is 0.940. The standard InChI is InChI=1S/C9H8OS2/c1-5-4-7(11)9-6(8(5)10)2-3-12-9/h2-4,10-11H,1H3. The van der Waals surface area contributed by atoms with E-state index < -0.39 is 0 Å². The van der Waals surface area contributed by atoms with E-state index in [4.69, 9.17) is 0 Å². The number of aromatic hydroxyl groups is 1. The van der Waals surface area contributed by atoms with Gasteiger partial charge in [0.1, 0.15) is 5.75 Å². The number of aryl methyl sites for hydroxylation is 1. The number of phenolic OH excluding ortho intramolecular Hbond substituents is 1. The third kappa shape index (κ3) is 1.01. The summed E-state index contributed by atoms with van der Waals surface area (Å²) in [6.07, 6.45) is 0. The Morgan fingerprint density at radius 3 is 3.00 bits per heavy atom. The first-order valence-corrected chi connectivity index (χ1v) is 4.91. The average Bonchev–Trinajstić information content (AvgIpc) is 2.48. The molecule has 1 nitrogen and oxygen atoms in total. The Morgan fingerprint density at radius 2 is 2.25 bits per heavy atom. The lowest BCUT2D eigenvalue weighted by molar-refractivity contribution is 0.477. The molecule has 0 aliphatic rings. The summed E-state index contributed by atoms with van der Waals surface area (Å²) < 4.78 is 1.06. The van der Waals surface area contributed by atoms with Gasteiger partial charge < -0.3 is 5.11 Å². The monoisotopic (exact) mass is 196 g/mol. The van der Waals surface area contributed by atoms with Crippen LogP contribution in [0.5, 0.6) is 5.75 Å². The second-order valence-electron chi connectivity index (χ2n) is 2.72. The van der Waals surface area contributed by atoms with Crippen LogP contribution >= 0.6 is 24.0 Å². The van der Waals surface area contributed by atoms with Crippen LogP contribution in [0.1, 0.15) is 5.56 Å². The minimum Gasteiger partial charge on any atom is -0.507 e. The van der Waals surface area contributed by atoms with Gasteiger partial charge >= 0.3 is 0 Å². The predicted molar refractivity (Wildman–Crippen MR) is 55.5 cm³/mol. The minimum absolute atomic E-state index is 0.379. The molecular weight excluding hydrogens is 188 g/mol. The number of hydrogen-bond acceptors (Lipinski definition) is 3. The van der Waals surface area contributed by atoms with E-state index >= 15 is 0 Å². The Balaban J connectivity index is 2.97. The van der Waals surface area contributed by atoms with Gasteiger partial charge in [0.05, 0.1) is 4.70 Å². The van der Waals surface area contributed by atoms with Gasteiger partial charge in [-0.25, -0.2) is 0 Å². The summed E-state index contributed by atoms with van der Waals surface area (Å²) >= 11 is 5.93. The van der Waals surface area contributed by atoms with Gasteiger partial charge in [-0.3, -0.25) is 0 Å². The molecule has 0 spiro atoms. The van der Waals surface area contributed by atoms with E-state index in [0.29, 0.717) is 5.75 Å². The topological polar surface area (TPSA) is 20.2 Å². The van der Waals surface area contributed by atoms with Gasteiger partial charge in [-0.05, 0) is 30.0 Å². The molecule has 0 aliphatic heterocycles. The van der Waals surface area contributed by atoms with Crippen LogP contribution in [0.3, 0.4) is 0 Å². The third-order valence-corrected chi connectivity index (χ3v) is 3.33. The Bertz CT molecular complexity index is 431. The van der Waals surface area contributed by atoms with Crippen molar-refractivity contribution < 1.29 is 5.11 Å². The summed E-state index contributed by atoms with van der Waals surface area (Å²) in [5, 5.41) is 12.5. The lowest BCUT2D eigenvalue weighted by atomic mass is 10.1. The number of fused-ring (bicyclic) bond motifs is 1. The van der Waals surface area contributed by atoms with Gasteiger partial charge in [0.25, 0.3) is 0 Å². The van der Waals surface area contributed by atoms with Crippen molar-refractivity contribution in [3.05, 3.63) is 23.1 Å². The highest BCUT2D eigenvalue weighted by Gasteiger charge is 2.06. The van der Waals surface area contributed by atoms with Gasteiger partial charge in [0, 0.05) is 10.3 Å². The first-order chi connectivity index (χ1) is 5.70. The molecule has 0 aliphatic carbocycles. The summed E-state index contributed by atoms with van der Waals surface area (Å²) in [6, 6.07) is 3.80. The van der Waals surface area contributed by atoms with Crippen LogP contribution < -0.4 is 0 Å². The molecule has 0 radical (unpaired) electrons. The summed E-state index contributed by atoms with van der Waals surface area (Å²) in [5.74, 6) is 0.379. The van der Waals surface area contributed by atoms with Gasteiger partial charge in [-0.1, -0.05) is 0 Å². The Kier molecular flexibility index (Phi) is 1.77. The number of thiol groups is 1. The van der Waals surface area contributed by atoms with Crippen LogP contribution in [0.4, 0.5) is 0 Å². The highest BCUT2D eigenvalue weighted by Crippen LogP contribution is 2.36. The fraction of sp³-hybridized carbons (Fsp3) is 0.111. The molecule has 0 atom stereocenters.